The van der Waals surface area contributed by atoms with Crippen LogP contribution in [-0.4, -0.2) is 56.6 Å². The van der Waals surface area contributed by atoms with Crippen LogP contribution in [-0.2, 0) is 10.3 Å². The van der Waals surface area contributed by atoms with Crippen molar-refractivity contribution in [2.45, 2.75) is 58.4 Å². The first-order chi connectivity index (χ1) is 19.1. The molecule has 2 aliphatic rings. The third-order valence-electron chi connectivity index (χ3n) is 7.72. The fraction of sp³-hybridized carbons (Fsp3) is 0.448. The lowest BCUT2D eigenvalue weighted by molar-refractivity contribution is 0.102. The van der Waals surface area contributed by atoms with Gasteiger partial charge in [-0.3, -0.25) is 4.79 Å². The van der Waals surface area contributed by atoms with E-state index in [0.29, 0.717) is 24.7 Å². The second-order valence-electron chi connectivity index (χ2n) is 11.6. The predicted octanol–water partition coefficient (Wildman–Crippen LogP) is 5.29. The van der Waals surface area contributed by atoms with E-state index < -0.39 is 23.2 Å². The predicted molar refractivity (Wildman–Crippen MR) is 148 cm³/mol. The average molecular weight is 550 g/mol. The zero-order valence-corrected chi connectivity index (χ0v) is 23.2. The zero-order valence-electron chi connectivity index (χ0n) is 23.2. The number of ether oxygens (including phenoxy) is 1. The van der Waals surface area contributed by atoms with Gasteiger partial charge in [-0.25, -0.2) is 18.6 Å². The highest BCUT2D eigenvalue weighted by Crippen LogP contribution is 2.37. The first-order valence-corrected chi connectivity index (χ1v) is 13.7. The number of rotatable bonds is 5. The Morgan fingerprint density at radius 2 is 1.88 bits per heavy atom. The summed E-state index contributed by atoms with van der Waals surface area (Å²) in [4.78, 5) is 20.1. The standard InChI is InChI=1S/C29H33F2N7O2/c1-17-12-22(30)23(33-28(39)21-15-32-38(25(21)31)29(2,3)4)14-20(17)19-13-24(36-8-10-40-11-9-36)27-34-26(18-6-5-7-18)35-37(27)16-19/h12-16,18H,5-11H2,1-4H3,(H,33,39). The number of fused-ring (bicyclic) bond motifs is 1. The maximum atomic E-state index is 15.1. The number of aromatic nitrogens is 5. The Hall–Kier alpha value is -3.86. The van der Waals surface area contributed by atoms with E-state index in [4.69, 9.17) is 14.8 Å². The number of carbonyl (C=O) groups is 1. The van der Waals surface area contributed by atoms with Crippen LogP contribution < -0.4 is 10.2 Å². The van der Waals surface area contributed by atoms with Gasteiger partial charge in [-0.05, 0) is 69.9 Å². The number of aryl methyl sites for hydroxylation is 1. The molecule has 2 fully saturated rings. The summed E-state index contributed by atoms with van der Waals surface area (Å²) in [5.74, 6) is -0.932. The molecule has 4 heterocycles. The fourth-order valence-corrected chi connectivity index (χ4v) is 5.23. The molecule has 0 spiro atoms. The summed E-state index contributed by atoms with van der Waals surface area (Å²) in [7, 11) is 0. The molecule has 1 saturated heterocycles. The molecule has 40 heavy (non-hydrogen) atoms. The largest absolute Gasteiger partial charge is 0.378 e. The van der Waals surface area contributed by atoms with Crippen LogP contribution in [0.3, 0.4) is 0 Å². The summed E-state index contributed by atoms with van der Waals surface area (Å²) in [6.45, 7) is 9.85. The van der Waals surface area contributed by atoms with Gasteiger partial charge in [-0.2, -0.15) is 14.6 Å². The van der Waals surface area contributed by atoms with Crippen LogP contribution in [0.1, 0.15) is 67.7 Å². The molecule has 6 rings (SSSR count). The van der Waals surface area contributed by atoms with Crippen molar-refractivity contribution in [1.29, 1.82) is 0 Å². The Morgan fingerprint density at radius 3 is 2.52 bits per heavy atom. The van der Waals surface area contributed by atoms with E-state index in [9.17, 15) is 9.18 Å². The van der Waals surface area contributed by atoms with Crippen molar-refractivity contribution >= 4 is 22.9 Å². The van der Waals surface area contributed by atoms with Crippen molar-refractivity contribution in [3.63, 3.8) is 0 Å². The molecule has 9 nitrogen and oxygen atoms in total. The average Bonchev–Trinajstić information content (AvgIpc) is 3.47. The Balaban J connectivity index is 1.39. The highest BCUT2D eigenvalue weighted by atomic mass is 19.1. The number of carbonyl (C=O) groups excluding carboxylic acids is 1. The second kappa shape index (κ2) is 9.96. The molecule has 4 aromatic rings. The van der Waals surface area contributed by atoms with Gasteiger partial charge in [0.25, 0.3) is 5.91 Å². The Labute approximate surface area is 231 Å². The lowest BCUT2D eigenvalue weighted by Gasteiger charge is -2.29. The third kappa shape index (κ3) is 4.72. The maximum absolute atomic E-state index is 15.1. The van der Waals surface area contributed by atoms with Gasteiger partial charge in [0.2, 0.25) is 5.95 Å². The van der Waals surface area contributed by atoms with Crippen molar-refractivity contribution in [1.82, 2.24) is 24.4 Å². The number of morpholine rings is 1. The molecule has 0 atom stereocenters. The van der Waals surface area contributed by atoms with Gasteiger partial charge < -0.3 is 15.0 Å². The number of hydrogen-bond donors (Lipinski definition) is 1. The minimum absolute atomic E-state index is 0.0460. The molecule has 1 aromatic carbocycles. The van der Waals surface area contributed by atoms with Crippen molar-refractivity contribution in [3.05, 3.63) is 59.3 Å². The van der Waals surface area contributed by atoms with E-state index in [1.54, 1.807) is 26.8 Å². The molecule has 11 heteroatoms. The van der Waals surface area contributed by atoms with Gasteiger partial charge in [0.05, 0.1) is 36.3 Å². The lowest BCUT2D eigenvalue weighted by Crippen LogP contribution is -2.36. The van der Waals surface area contributed by atoms with Crippen LogP contribution in [0, 0.1) is 18.7 Å². The number of amides is 1. The zero-order chi connectivity index (χ0) is 28.2. The van der Waals surface area contributed by atoms with Gasteiger partial charge in [0.1, 0.15) is 11.4 Å². The molecule has 1 aliphatic heterocycles. The Bertz CT molecular complexity index is 1590. The van der Waals surface area contributed by atoms with Crippen LogP contribution in [0.15, 0.2) is 30.6 Å². The molecule has 0 radical (unpaired) electrons. The van der Waals surface area contributed by atoms with Crippen molar-refractivity contribution in [2.24, 2.45) is 0 Å². The first-order valence-electron chi connectivity index (χ1n) is 13.7. The Morgan fingerprint density at radius 1 is 1.12 bits per heavy atom. The topological polar surface area (TPSA) is 89.6 Å². The van der Waals surface area contributed by atoms with E-state index in [1.807, 2.05) is 23.7 Å². The molecule has 1 N–H and O–H groups in total. The highest BCUT2D eigenvalue weighted by molar-refractivity contribution is 6.04. The minimum Gasteiger partial charge on any atom is -0.378 e. The molecular formula is C29H33F2N7O2. The molecule has 0 unspecified atom stereocenters. The highest BCUT2D eigenvalue weighted by Gasteiger charge is 2.27. The molecule has 1 saturated carbocycles. The van der Waals surface area contributed by atoms with Crippen LogP contribution in [0.25, 0.3) is 16.8 Å². The van der Waals surface area contributed by atoms with Crippen LogP contribution in [0.4, 0.5) is 20.2 Å². The van der Waals surface area contributed by atoms with E-state index in [0.717, 1.165) is 65.1 Å². The van der Waals surface area contributed by atoms with Gasteiger partial charge in [0.15, 0.2) is 11.5 Å². The minimum atomic E-state index is -0.771. The summed E-state index contributed by atoms with van der Waals surface area (Å²) >= 11 is 0. The molecule has 3 aromatic heterocycles. The lowest BCUT2D eigenvalue weighted by atomic mass is 9.85. The van der Waals surface area contributed by atoms with Gasteiger partial charge in [0, 0.05) is 30.8 Å². The van der Waals surface area contributed by atoms with Gasteiger partial charge in [-0.1, -0.05) is 6.42 Å². The summed E-state index contributed by atoms with van der Waals surface area (Å²) in [5, 5.41) is 11.4. The number of halogens is 2. The van der Waals surface area contributed by atoms with E-state index in [-0.39, 0.29) is 11.3 Å². The van der Waals surface area contributed by atoms with E-state index >= 15 is 4.39 Å². The summed E-state index contributed by atoms with van der Waals surface area (Å²) in [5.41, 5.74) is 2.99. The fourth-order valence-electron chi connectivity index (χ4n) is 5.23. The molecule has 1 aliphatic carbocycles. The van der Waals surface area contributed by atoms with Crippen molar-refractivity contribution in [3.8, 4) is 11.1 Å². The molecule has 0 bridgehead atoms. The van der Waals surface area contributed by atoms with Crippen LogP contribution in [0.5, 0.6) is 0 Å². The number of anilines is 2. The normalized spacial score (nSPS) is 16.4. The summed E-state index contributed by atoms with van der Waals surface area (Å²) in [6, 6.07) is 5.00. The monoisotopic (exact) mass is 549 g/mol. The van der Waals surface area contributed by atoms with Gasteiger partial charge in [-0.15, -0.1) is 0 Å². The Kier molecular flexibility index (Phi) is 6.56. The third-order valence-corrected chi connectivity index (χ3v) is 7.72. The summed E-state index contributed by atoms with van der Waals surface area (Å²) < 4.78 is 38.6. The number of benzene rings is 1. The number of hydrogen-bond acceptors (Lipinski definition) is 6. The van der Waals surface area contributed by atoms with Crippen molar-refractivity contribution in [2.75, 3.05) is 36.5 Å². The summed E-state index contributed by atoms with van der Waals surface area (Å²) in [6.07, 6.45) is 6.42. The SMILES string of the molecule is Cc1cc(F)c(NC(=O)c2cnn(C(C)(C)C)c2F)cc1-c1cc(N2CCOCC2)c2nc(C3CCC3)nn2c1. The maximum Gasteiger partial charge on any atom is 0.262 e. The molecule has 1 amide bonds. The van der Waals surface area contributed by atoms with E-state index in [2.05, 4.69) is 15.3 Å². The van der Waals surface area contributed by atoms with Crippen LogP contribution >= 0.6 is 0 Å². The molecular weight excluding hydrogens is 516 g/mol. The quantitative estimate of drug-likeness (QED) is 0.364. The van der Waals surface area contributed by atoms with Crippen molar-refractivity contribution < 1.29 is 18.3 Å². The van der Waals surface area contributed by atoms with Gasteiger partial charge >= 0.3 is 0 Å². The number of nitrogens with one attached hydrogen (secondary N) is 1. The van der Waals surface area contributed by atoms with Crippen LogP contribution in [0.2, 0.25) is 0 Å². The molecule has 210 valence electrons. The smallest absolute Gasteiger partial charge is 0.262 e. The first kappa shape index (κ1) is 26.4. The number of pyridine rings is 1. The van der Waals surface area contributed by atoms with E-state index in [1.165, 1.54) is 12.5 Å². The number of nitrogens with zero attached hydrogens (tertiary/aromatic N) is 6. The second-order valence-corrected chi connectivity index (χ2v) is 11.6.